The number of pyridine rings is 1. The minimum atomic E-state index is -0.822. The fraction of sp³-hybridized carbons (Fsp3) is 0.481. The van der Waals surface area contributed by atoms with Gasteiger partial charge in [0.2, 0.25) is 5.91 Å². The van der Waals surface area contributed by atoms with E-state index in [0.29, 0.717) is 19.4 Å². The quantitative estimate of drug-likeness (QED) is 0.281. The maximum atomic E-state index is 13.0. The van der Waals surface area contributed by atoms with E-state index in [0.717, 1.165) is 10.5 Å². The second kappa shape index (κ2) is 11.5. The summed E-state index contributed by atoms with van der Waals surface area (Å²) in [6, 6.07) is 3.45. The Bertz CT molecular complexity index is 1090. The molecular weight excluding hydrogens is 494 g/mol. The summed E-state index contributed by atoms with van der Waals surface area (Å²) in [5, 5.41) is 10.2. The summed E-state index contributed by atoms with van der Waals surface area (Å²) < 4.78 is 10.7. The summed E-state index contributed by atoms with van der Waals surface area (Å²) in [7, 11) is 0. The first-order valence-corrected chi connectivity index (χ1v) is 13.3. The topological polar surface area (TPSA) is 109 Å². The van der Waals surface area contributed by atoms with Gasteiger partial charge < -0.3 is 24.4 Å². The van der Waals surface area contributed by atoms with Crippen molar-refractivity contribution in [2.45, 2.75) is 50.1 Å². The molecule has 2 saturated heterocycles. The van der Waals surface area contributed by atoms with Gasteiger partial charge in [0.05, 0.1) is 18.1 Å². The van der Waals surface area contributed by atoms with Gasteiger partial charge in [0.15, 0.2) is 0 Å². The van der Waals surface area contributed by atoms with Crippen LogP contribution in [-0.4, -0.2) is 81.1 Å². The van der Waals surface area contributed by atoms with Crippen LogP contribution in [0.5, 0.6) is 0 Å². The fourth-order valence-electron chi connectivity index (χ4n) is 5.43. The lowest BCUT2D eigenvalue weighted by atomic mass is 9.79. The second-order valence-electron chi connectivity index (χ2n) is 9.56. The molecule has 6 atom stereocenters. The number of rotatable bonds is 10. The summed E-state index contributed by atoms with van der Waals surface area (Å²) >= 11 is 1.51. The third-order valence-corrected chi connectivity index (χ3v) is 8.58. The Kier molecular flexibility index (Phi) is 8.39. The van der Waals surface area contributed by atoms with Gasteiger partial charge in [-0.3, -0.25) is 9.78 Å². The Labute approximate surface area is 221 Å². The molecule has 2 fully saturated rings. The maximum absolute atomic E-state index is 13.0. The van der Waals surface area contributed by atoms with Gasteiger partial charge in [-0.15, -0.1) is 11.8 Å². The average Bonchev–Trinajstić information content (AvgIpc) is 3.38. The van der Waals surface area contributed by atoms with Gasteiger partial charge >= 0.3 is 12.1 Å². The molecule has 0 aliphatic carbocycles. The van der Waals surface area contributed by atoms with E-state index < -0.39 is 24.1 Å². The zero-order valence-electron chi connectivity index (χ0n) is 21.1. The highest BCUT2D eigenvalue weighted by atomic mass is 32.2. The van der Waals surface area contributed by atoms with Crippen molar-refractivity contribution < 1.29 is 29.0 Å². The minimum absolute atomic E-state index is 0.0263. The lowest BCUT2D eigenvalue weighted by Crippen LogP contribution is -2.63. The molecule has 0 bridgehead atoms. The maximum Gasteiger partial charge on any atom is 0.410 e. The number of aliphatic hydroxyl groups is 1. The van der Waals surface area contributed by atoms with Crippen molar-refractivity contribution >= 4 is 29.7 Å². The molecule has 3 aliphatic heterocycles. The lowest BCUT2D eigenvalue weighted by Gasteiger charge is -2.46. The number of amides is 2. The molecule has 0 unspecified atom stereocenters. The summed E-state index contributed by atoms with van der Waals surface area (Å²) in [6.07, 6.45) is 6.55. The minimum Gasteiger partial charge on any atom is -0.457 e. The number of esters is 1. The molecule has 2 amide bonds. The summed E-state index contributed by atoms with van der Waals surface area (Å²) in [5.41, 5.74) is 1.30. The molecule has 0 saturated carbocycles. The Morgan fingerprint density at radius 3 is 2.57 bits per heavy atom. The highest BCUT2D eigenvalue weighted by Crippen LogP contribution is 2.52. The van der Waals surface area contributed by atoms with E-state index >= 15 is 0 Å². The van der Waals surface area contributed by atoms with E-state index in [4.69, 9.17) is 9.47 Å². The normalized spacial score (nSPS) is 27.4. The van der Waals surface area contributed by atoms with Crippen LogP contribution in [0.15, 0.2) is 60.4 Å². The van der Waals surface area contributed by atoms with Gasteiger partial charge in [0.1, 0.15) is 18.9 Å². The Morgan fingerprint density at radius 1 is 1.24 bits per heavy atom. The van der Waals surface area contributed by atoms with E-state index in [9.17, 15) is 19.5 Å². The molecule has 0 aromatic carbocycles. The fourth-order valence-corrected chi connectivity index (χ4v) is 6.99. The molecule has 0 spiro atoms. The Balaban J connectivity index is 1.59. The second-order valence-corrected chi connectivity index (χ2v) is 10.9. The van der Waals surface area contributed by atoms with Gasteiger partial charge in [0.25, 0.3) is 0 Å². The van der Waals surface area contributed by atoms with Crippen LogP contribution in [0.2, 0.25) is 0 Å². The van der Waals surface area contributed by atoms with Gasteiger partial charge in [-0.1, -0.05) is 32.2 Å². The van der Waals surface area contributed by atoms with Crippen LogP contribution in [-0.2, 0) is 25.5 Å². The first-order chi connectivity index (χ1) is 17.8. The van der Waals surface area contributed by atoms with Crippen molar-refractivity contribution in [2.75, 3.05) is 19.8 Å². The van der Waals surface area contributed by atoms with Crippen molar-refractivity contribution in [3.8, 4) is 0 Å². The number of carbonyl (C=O) groups is 3. The summed E-state index contributed by atoms with van der Waals surface area (Å²) in [5.74, 6) is -1.58. The van der Waals surface area contributed by atoms with Crippen molar-refractivity contribution in [2.24, 2.45) is 11.8 Å². The highest BCUT2D eigenvalue weighted by molar-refractivity contribution is 8.03. The number of hydrogen-bond donors (Lipinski definition) is 1. The molecule has 1 aromatic rings. The molecule has 1 N–H and O–H groups in total. The van der Waals surface area contributed by atoms with Crippen LogP contribution in [0.1, 0.15) is 25.8 Å². The number of ether oxygens (including phenoxy) is 2. The van der Waals surface area contributed by atoms with Crippen molar-refractivity contribution in [3.63, 3.8) is 0 Å². The largest absolute Gasteiger partial charge is 0.457 e. The predicted molar refractivity (Wildman–Crippen MR) is 139 cm³/mol. The molecule has 9 nitrogen and oxygen atoms in total. The molecule has 3 aliphatic rings. The van der Waals surface area contributed by atoms with Gasteiger partial charge in [-0.2, -0.15) is 0 Å². The van der Waals surface area contributed by atoms with E-state index in [2.05, 4.69) is 18.1 Å². The van der Waals surface area contributed by atoms with Gasteiger partial charge in [-0.05, 0) is 37.5 Å². The Morgan fingerprint density at radius 2 is 1.92 bits per heavy atom. The number of fused-ring (bicyclic) bond motifs is 1. The lowest BCUT2D eigenvalue weighted by molar-refractivity contribution is -0.164. The van der Waals surface area contributed by atoms with E-state index in [1.54, 1.807) is 24.2 Å². The van der Waals surface area contributed by atoms with E-state index in [-0.39, 0.29) is 48.1 Å². The molecule has 1 aromatic heterocycles. The molecule has 37 heavy (non-hydrogen) atoms. The van der Waals surface area contributed by atoms with Crippen LogP contribution in [0.25, 0.3) is 0 Å². The van der Waals surface area contributed by atoms with Gasteiger partial charge in [0, 0.05) is 41.1 Å². The van der Waals surface area contributed by atoms with Crippen LogP contribution >= 0.6 is 11.8 Å². The van der Waals surface area contributed by atoms with Crippen LogP contribution < -0.4 is 0 Å². The number of nitrogens with zero attached hydrogens (tertiary/aromatic N) is 3. The number of thioether (sulfide) groups is 1. The SMILES string of the molecule is C=CCOC(=O)C1=C(S[C@H]2C[C@@H](Cc3ccncc3)N(C(=O)OCC=C)C2)[C@H](C)[C@@H]2[C@@H]([C@@H](C)O)C(=O)N12. The van der Waals surface area contributed by atoms with Crippen molar-refractivity contribution in [3.05, 3.63) is 66.0 Å². The van der Waals surface area contributed by atoms with E-state index in [1.807, 2.05) is 19.1 Å². The molecule has 10 heteroatoms. The van der Waals surface area contributed by atoms with Gasteiger partial charge in [-0.25, -0.2) is 9.59 Å². The third kappa shape index (κ3) is 5.31. The molecular formula is C27H33N3O6S. The highest BCUT2D eigenvalue weighted by Gasteiger charge is 2.60. The molecule has 0 radical (unpaired) electrons. The number of carbonyl (C=O) groups excluding carboxylic acids is 3. The first kappa shape index (κ1) is 26.9. The predicted octanol–water partition coefficient (Wildman–Crippen LogP) is 2.92. The zero-order chi connectivity index (χ0) is 26.7. The number of aliphatic hydroxyl groups excluding tert-OH is 1. The number of hydrogen-bond acceptors (Lipinski definition) is 8. The summed E-state index contributed by atoms with van der Waals surface area (Å²) in [4.78, 5) is 46.9. The van der Waals surface area contributed by atoms with E-state index in [1.165, 1.54) is 28.8 Å². The van der Waals surface area contributed by atoms with Crippen molar-refractivity contribution in [1.82, 2.24) is 14.8 Å². The number of β-lactam (4-membered cyclic amide) rings is 1. The molecule has 4 rings (SSSR count). The standard InChI is InChI=1S/C27H33N3O6S/c1-5-11-35-26(33)23-24(16(3)22-21(17(4)31)25(32)30(22)23)37-20-14-19(13-18-7-9-28-10-8-18)29(15-20)27(34)36-12-6-2/h5-10,16-17,19-22,31H,1-2,11-15H2,3-4H3/t16-,17-,19-,20+,21-,22-/m1/s1. The van der Waals surface area contributed by atoms with Crippen LogP contribution in [0.3, 0.4) is 0 Å². The van der Waals surface area contributed by atoms with Crippen molar-refractivity contribution in [1.29, 1.82) is 0 Å². The van der Waals surface area contributed by atoms with Crippen LogP contribution in [0.4, 0.5) is 4.79 Å². The smallest absolute Gasteiger partial charge is 0.410 e. The van der Waals surface area contributed by atoms with Crippen LogP contribution in [0, 0.1) is 11.8 Å². The monoisotopic (exact) mass is 527 g/mol. The zero-order valence-corrected chi connectivity index (χ0v) is 21.9. The first-order valence-electron chi connectivity index (χ1n) is 12.4. The number of aromatic nitrogens is 1. The molecule has 4 heterocycles. The molecule has 198 valence electrons. The average molecular weight is 528 g/mol. The number of likely N-dealkylation sites (tertiary alicyclic amines) is 1. The third-order valence-electron chi connectivity index (χ3n) is 7.08. The summed E-state index contributed by atoms with van der Waals surface area (Å²) in [6.45, 7) is 11.4. The Hall–Kier alpha value is -3.11.